The lowest BCUT2D eigenvalue weighted by atomic mass is 9.85. The van der Waals surface area contributed by atoms with Crippen LogP contribution in [0.15, 0.2) is 12.2 Å². The number of hydrogen-bond acceptors (Lipinski definition) is 1. The quantitative estimate of drug-likeness (QED) is 0.522. The largest absolute Gasteiger partial charge is 0.340 e. The van der Waals surface area contributed by atoms with Crippen LogP contribution in [0.5, 0.6) is 0 Å². The molecule has 0 radical (unpaired) electrons. The molecule has 2 nitrogen and oxygen atoms in total. The second kappa shape index (κ2) is 8.34. The predicted octanol–water partition coefficient (Wildman–Crippen LogP) is 4.55. The summed E-state index contributed by atoms with van der Waals surface area (Å²) in [5, 5.41) is 0. The standard InChI is InChI=1S/C13H23NO.C3H8/c1-5-13(14(4)12(3)15)9-6-7-11(2)8-10-13;1-3-2/h2,5-10H2,1,3-4H3;3H2,1-2H3. The maximum absolute atomic E-state index is 11.5. The molecule has 2 heteroatoms. The maximum atomic E-state index is 11.5. The molecule has 0 aromatic heterocycles. The van der Waals surface area contributed by atoms with Crippen molar-refractivity contribution in [1.29, 1.82) is 0 Å². The molecule has 1 amide bonds. The van der Waals surface area contributed by atoms with Crippen LogP contribution in [-0.2, 0) is 4.79 Å². The van der Waals surface area contributed by atoms with Crippen molar-refractivity contribution in [2.45, 2.75) is 78.2 Å². The van der Waals surface area contributed by atoms with Crippen LogP contribution < -0.4 is 0 Å². The van der Waals surface area contributed by atoms with Crippen LogP contribution in [0.1, 0.15) is 72.6 Å². The van der Waals surface area contributed by atoms with Crippen molar-refractivity contribution < 1.29 is 4.79 Å². The van der Waals surface area contributed by atoms with Crippen LogP contribution in [0.2, 0.25) is 0 Å². The van der Waals surface area contributed by atoms with Crippen molar-refractivity contribution >= 4 is 5.91 Å². The summed E-state index contributed by atoms with van der Waals surface area (Å²) in [6.45, 7) is 12.2. The zero-order valence-corrected chi connectivity index (χ0v) is 13.0. The first-order chi connectivity index (χ1) is 8.43. The van der Waals surface area contributed by atoms with Crippen LogP contribution in [0, 0.1) is 0 Å². The van der Waals surface area contributed by atoms with Crippen LogP contribution in [-0.4, -0.2) is 23.4 Å². The number of hydrogen-bond donors (Lipinski definition) is 0. The highest BCUT2D eigenvalue weighted by Gasteiger charge is 2.35. The van der Waals surface area contributed by atoms with Gasteiger partial charge in [-0.15, -0.1) is 0 Å². The molecule has 0 aliphatic heterocycles. The van der Waals surface area contributed by atoms with E-state index in [-0.39, 0.29) is 11.4 Å². The molecule has 1 unspecified atom stereocenters. The van der Waals surface area contributed by atoms with Gasteiger partial charge in [0.25, 0.3) is 0 Å². The number of nitrogens with zero attached hydrogens (tertiary/aromatic N) is 1. The van der Waals surface area contributed by atoms with Crippen molar-refractivity contribution in [3.63, 3.8) is 0 Å². The van der Waals surface area contributed by atoms with Gasteiger partial charge in [-0.3, -0.25) is 4.79 Å². The summed E-state index contributed by atoms with van der Waals surface area (Å²) in [7, 11) is 1.94. The van der Waals surface area contributed by atoms with Gasteiger partial charge < -0.3 is 4.90 Å². The van der Waals surface area contributed by atoms with Gasteiger partial charge >= 0.3 is 0 Å². The number of carbonyl (C=O) groups excluding carboxylic acids is 1. The highest BCUT2D eigenvalue weighted by Crippen LogP contribution is 2.35. The lowest BCUT2D eigenvalue weighted by Gasteiger charge is -2.40. The Balaban J connectivity index is 0.000000873. The van der Waals surface area contributed by atoms with Crippen molar-refractivity contribution in [3.8, 4) is 0 Å². The molecule has 0 bridgehead atoms. The summed E-state index contributed by atoms with van der Waals surface area (Å²) in [6.07, 6.45) is 7.89. The van der Waals surface area contributed by atoms with E-state index in [1.54, 1.807) is 6.92 Å². The number of allylic oxidation sites excluding steroid dienone is 1. The van der Waals surface area contributed by atoms with Gasteiger partial charge in [0.15, 0.2) is 0 Å². The predicted molar refractivity (Wildman–Crippen MR) is 79.7 cm³/mol. The minimum Gasteiger partial charge on any atom is -0.340 e. The first kappa shape index (κ1) is 17.2. The van der Waals surface area contributed by atoms with Crippen LogP contribution in [0.4, 0.5) is 0 Å². The third-order valence-corrected chi connectivity index (χ3v) is 3.96. The molecular formula is C16H31NO. The lowest BCUT2D eigenvalue weighted by Crippen LogP contribution is -2.48. The Hall–Kier alpha value is -0.790. The van der Waals surface area contributed by atoms with E-state index in [0.29, 0.717) is 0 Å². The minimum absolute atomic E-state index is 0.0886. The monoisotopic (exact) mass is 253 g/mol. The molecule has 106 valence electrons. The molecule has 0 N–H and O–H groups in total. The molecule has 0 spiro atoms. The van der Waals surface area contributed by atoms with E-state index in [1.807, 2.05) is 11.9 Å². The Morgan fingerprint density at radius 2 is 1.83 bits per heavy atom. The zero-order valence-electron chi connectivity index (χ0n) is 13.0. The fraction of sp³-hybridized carbons (Fsp3) is 0.812. The summed E-state index contributed by atoms with van der Waals surface area (Å²) in [4.78, 5) is 13.5. The van der Waals surface area contributed by atoms with Gasteiger partial charge in [-0.05, 0) is 38.5 Å². The smallest absolute Gasteiger partial charge is 0.219 e. The Morgan fingerprint density at radius 3 is 2.28 bits per heavy atom. The summed E-state index contributed by atoms with van der Waals surface area (Å²) < 4.78 is 0. The fourth-order valence-electron chi connectivity index (χ4n) is 2.59. The molecule has 1 aliphatic rings. The van der Waals surface area contributed by atoms with E-state index < -0.39 is 0 Å². The summed E-state index contributed by atoms with van der Waals surface area (Å²) in [6, 6.07) is 0. The third-order valence-electron chi connectivity index (χ3n) is 3.96. The average Bonchev–Trinajstić information content (AvgIpc) is 2.52. The first-order valence-corrected chi connectivity index (χ1v) is 7.34. The SMILES string of the molecule is C=C1CCCC(CC)(N(C)C(C)=O)CC1.CCC. The van der Waals surface area contributed by atoms with E-state index in [4.69, 9.17) is 0 Å². The van der Waals surface area contributed by atoms with Gasteiger partial charge in [-0.2, -0.15) is 0 Å². The molecule has 1 rings (SSSR count). The molecule has 1 atom stereocenters. The lowest BCUT2D eigenvalue weighted by molar-refractivity contribution is -0.134. The van der Waals surface area contributed by atoms with Gasteiger partial charge in [0.05, 0.1) is 0 Å². The molecule has 18 heavy (non-hydrogen) atoms. The van der Waals surface area contributed by atoms with E-state index in [1.165, 1.54) is 18.4 Å². The van der Waals surface area contributed by atoms with Crippen LogP contribution >= 0.6 is 0 Å². The second-order valence-corrected chi connectivity index (χ2v) is 5.47. The van der Waals surface area contributed by atoms with Crippen LogP contribution in [0.25, 0.3) is 0 Å². The number of rotatable bonds is 2. The Kier molecular flexibility index (Phi) is 7.97. The minimum atomic E-state index is 0.0886. The molecule has 1 fully saturated rings. The van der Waals surface area contributed by atoms with Gasteiger partial charge in [-0.25, -0.2) is 0 Å². The van der Waals surface area contributed by atoms with Crippen molar-refractivity contribution in [1.82, 2.24) is 4.90 Å². The highest BCUT2D eigenvalue weighted by molar-refractivity contribution is 5.73. The van der Waals surface area contributed by atoms with Gasteiger partial charge in [-0.1, -0.05) is 39.3 Å². The normalized spacial score (nSPS) is 23.7. The molecular weight excluding hydrogens is 222 g/mol. The highest BCUT2D eigenvalue weighted by atomic mass is 16.2. The molecule has 1 aliphatic carbocycles. The molecule has 0 aromatic carbocycles. The van der Waals surface area contributed by atoms with E-state index in [0.717, 1.165) is 32.1 Å². The Labute approximate surface area is 113 Å². The Bertz CT molecular complexity index is 272. The van der Waals surface area contributed by atoms with Gasteiger partial charge in [0.2, 0.25) is 5.91 Å². The Morgan fingerprint density at radius 1 is 1.28 bits per heavy atom. The van der Waals surface area contributed by atoms with Crippen LogP contribution in [0.3, 0.4) is 0 Å². The maximum Gasteiger partial charge on any atom is 0.219 e. The summed E-state index contributed by atoms with van der Waals surface area (Å²) in [5.41, 5.74) is 1.44. The number of amides is 1. The van der Waals surface area contributed by atoms with E-state index >= 15 is 0 Å². The van der Waals surface area contributed by atoms with Gasteiger partial charge in [0.1, 0.15) is 0 Å². The van der Waals surface area contributed by atoms with Crippen molar-refractivity contribution in [2.75, 3.05) is 7.05 Å². The molecule has 0 saturated heterocycles. The molecule has 0 heterocycles. The first-order valence-electron chi connectivity index (χ1n) is 7.34. The van der Waals surface area contributed by atoms with Crippen molar-refractivity contribution in [3.05, 3.63) is 12.2 Å². The molecule has 1 saturated carbocycles. The average molecular weight is 253 g/mol. The fourth-order valence-corrected chi connectivity index (χ4v) is 2.59. The topological polar surface area (TPSA) is 20.3 Å². The molecule has 0 aromatic rings. The third kappa shape index (κ3) is 4.83. The number of carbonyl (C=O) groups is 1. The summed E-state index contributed by atoms with van der Waals surface area (Å²) >= 11 is 0. The van der Waals surface area contributed by atoms with Crippen molar-refractivity contribution in [2.24, 2.45) is 0 Å². The van der Waals surface area contributed by atoms with E-state index in [2.05, 4.69) is 27.4 Å². The zero-order chi connectivity index (χ0) is 14.2. The van der Waals surface area contributed by atoms with Gasteiger partial charge in [0, 0.05) is 19.5 Å². The summed E-state index contributed by atoms with van der Waals surface area (Å²) in [5.74, 6) is 0.185. The van der Waals surface area contributed by atoms with E-state index in [9.17, 15) is 4.79 Å². The second-order valence-electron chi connectivity index (χ2n) is 5.47.